The van der Waals surface area contributed by atoms with Crippen molar-refractivity contribution in [3.8, 4) is 0 Å². The molecule has 0 radical (unpaired) electrons. The Labute approximate surface area is 137 Å². The maximum atomic E-state index is 14.5. The summed E-state index contributed by atoms with van der Waals surface area (Å²) >= 11 is 8.13. The van der Waals surface area contributed by atoms with E-state index in [0.717, 1.165) is 12.1 Å². The second-order valence-electron chi connectivity index (χ2n) is 4.70. The average Bonchev–Trinajstić information content (AvgIpc) is 2.49. The van der Waals surface area contributed by atoms with Crippen LogP contribution in [0.3, 0.4) is 0 Å². The fraction of sp³-hybridized carbons (Fsp3) is 0.188. The Kier molecular flexibility index (Phi) is 4.96. The van der Waals surface area contributed by atoms with E-state index in [4.69, 9.17) is 18.0 Å². The molecule has 110 valence electrons. The van der Waals surface area contributed by atoms with Crippen LogP contribution in [0.5, 0.6) is 0 Å². The van der Waals surface area contributed by atoms with E-state index in [-0.39, 0.29) is 10.8 Å². The zero-order valence-electron chi connectivity index (χ0n) is 11.9. The van der Waals surface area contributed by atoms with Gasteiger partial charge in [-0.3, -0.25) is 0 Å². The number of halogens is 2. The van der Waals surface area contributed by atoms with Crippen LogP contribution in [0.15, 0.2) is 40.9 Å². The summed E-state index contributed by atoms with van der Waals surface area (Å²) < 4.78 is 14.8. The predicted molar refractivity (Wildman–Crippen MR) is 93.9 cm³/mol. The number of hydrogen-bond acceptors (Lipinski definition) is 2. The minimum atomic E-state index is -0.373. The molecule has 0 aromatic heterocycles. The lowest BCUT2D eigenvalue weighted by Crippen LogP contribution is -2.15. The fourth-order valence-corrected chi connectivity index (χ4v) is 2.93. The van der Waals surface area contributed by atoms with Gasteiger partial charge in [-0.05, 0) is 52.2 Å². The van der Waals surface area contributed by atoms with Gasteiger partial charge in [0.15, 0.2) is 5.82 Å². The van der Waals surface area contributed by atoms with Gasteiger partial charge in [0.1, 0.15) is 4.99 Å². The van der Waals surface area contributed by atoms with Gasteiger partial charge in [-0.25, -0.2) is 4.39 Å². The molecule has 0 fully saturated rings. The van der Waals surface area contributed by atoms with E-state index in [2.05, 4.69) is 22.9 Å². The molecule has 21 heavy (non-hydrogen) atoms. The van der Waals surface area contributed by atoms with Gasteiger partial charge in [-0.2, -0.15) is 0 Å². The van der Waals surface area contributed by atoms with Crippen LogP contribution in [0.2, 0.25) is 0 Å². The van der Waals surface area contributed by atoms with Crippen molar-refractivity contribution in [1.29, 1.82) is 0 Å². The van der Waals surface area contributed by atoms with Gasteiger partial charge in [-0.15, -0.1) is 0 Å². The van der Waals surface area contributed by atoms with Gasteiger partial charge in [0.05, 0.1) is 10.2 Å². The predicted octanol–water partition coefficient (Wildman–Crippen LogP) is 4.55. The Morgan fingerprint density at radius 2 is 1.86 bits per heavy atom. The van der Waals surface area contributed by atoms with Gasteiger partial charge < -0.3 is 10.6 Å². The lowest BCUT2D eigenvalue weighted by atomic mass is 10.1. The molecule has 2 rings (SSSR count). The van der Waals surface area contributed by atoms with Gasteiger partial charge in [0, 0.05) is 18.3 Å². The molecule has 0 aliphatic carbocycles. The van der Waals surface area contributed by atoms with Gasteiger partial charge in [0.2, 0.25) is 0 Å². The Balaban J connectivity index is 2.41. The van der Waals surface area contributed by atoms with Gasteiger partial charge in [-0.1, -0.05) is 31.3 Å². The van der Waals surface area contributed by atoms with Crippen LogP contribution in [0, 0.1) is 5.82 Å². The lowest BCUT2D eigenvalue weighted by molar-refractivity contribution is 0.620. The largest absolute Gasteiger partial charge is 0.389 e. The normalized spacial score (nSPS) is 10.5. The highest BCUT2D eigenvalue weighted by Crippen LogP contribution is 2.32. The number of rotatable bonds is 4. The molecule has 0 saturated heterocycles. The standard InChI is InChI=1S/C16H16BrFN2S/c1-3-10-4-6-11(7-5-10)20(2)13-9-8-12(16(19)21)14(17)15(13)18/h4-9H,3H2,1-2H3,(H2,19,21). The first-order valence-corrected chi connectivity index (χ1v) is 7.76. The molecule has 0 unspecified atom stereocenters. The minimum absolute atomic E-state index is 0.169. The highest BCUT2D eigenvalue weighted by molar-refractivity contribution is 9.10. The summed E-state index contributed by atoms with van der Waals surface area (Å²) in [5.74, 6) is -0.373. The molecule has 0 aliphatic rings. The topological polar surface area (TPSA) is 29.3 Å². The molecule has 2 aromatic rings. The van der Waals surface area contributed by atoms with E-state index in [1.54, 1.807) is 17.0 Å². The fourth-order valence-electron chi connectivity index (χ4n) is 2.08. The molecular weight excluding hydrogens is 351 g/mol. The van der Waals surface area contributed by atoms with E-state index in [1.807, 2.05) is 31.3 Å². The Morgan fingerprint density at radius 3 is 2.38 bits per heavy atom. The lowest BCUT2D eigenvalue weighted by Gasteiger charge is -2.21. The van der Waals surface area contributed by atoms with Crippen LogP contribution in [0.1, 0.15) is 18.1 Å². The number of hydrogen-bond donors (Lipinski definition) is 1. The third-order valence-electron chi connectivity index (χ3n) is 3.42. The highest BCUT2D eigenvalue weighted by atomic mass is 79.9. The number of nitrogens with zero attached hydrogens (tertiary/aromatic N) is 1. The second-order valence-corrected chi connectivity index (χ2v) is 5.94. The zero-order valence-corrected chi connectivity index (χ0v) is 14.3. The van der Waals surface area contributed by atoms with Crippen molar-refractivity contribution in [2.45, 2.75) is 13.3 Å². The van der Waals surface area contributed by atoms with Crippen LogP contribution >= 0.6 is 28.1 Å². The van der Waals surface area contributed by atoms with E-state index in [1.165, 1.54) is 5.56 Å². The summed E-state index contributed by atoms with van der Waals surface area (Å²) in [6.07, 6.45) is 0.979. The quantitative estimate of drug-likeness (QED) is 0.804. The van der Waals surface area contributed by atoms with E-state index < -0.39 is 0 Å². The molecule has 0 spiro atoms. The molecular formula is C16H16BrFN2S. The first-order valence-electron chi connectivity index (χ1n) is 6.56. The molecule has 0 atom stereocenters. The number of nitrogens with two attached hydrogens (primary N) is 1. The van der Waals surface area contributed by atoms with E-state index >= 15 is 0 Å². The van der Waals surface area contributed by atoms with Crippen molar-refractivity contribution in [2.24, 2.45) is 5.73 Å². The van der Waals surface area contributed by atoms with Crippen LogP contribution in [-0.2, 0) is 6.42 Å². The SMILES string of the molecule is CCc1ccc(N(C)c2ccc(C(N)=S)c(Br)c2F)cc1. The number of thiocarbonyl (C=S) groups is 1. The first kappa shape index (κ1) is 15.9. The van der Waals surface area contributed by atoms with Crippen LogP contribution in [0.4, 0.5) is 15.8 Å². The molecule has 2 aromatic carbocycles. The van der Waals surface area contributed by atoms with Crippen LogP contribution in [0.25, 0.3) is 0 Å². The highest BCUT2D eigenvalue weighted by Gasteiger charge is 2.16. The Bertz CT molecular complexity index is 671. The van der Waals surface area contributed by atoms with Crippen LogP contribution in [-0.4, -0.2) is 12.0 Å². The summed E-state index contributed by atoms with van der Waals surface area (Å²) in [6.45, 7) is 2.10. The van der Waals surface area contributed by atoms with Crippen molar-refractivity contribution in [1.82, 2.24) is 0 Å². The number of aryl methyl sites for hydroxylation is 1. The molecule has 2 N–H and O–H groups in total. The molecule has 0 saturated carbocycles. The van der Waals surface area contributed by atoms with E-state index in [9.17, 15) is 4.39 Å². The molecule has 5 heteroatoms. The van der Waals surface area contributed by atoms with Crippen molar-refractivity contribution < 1.29 is 4.39 Å². The monoisotopic (exact) mass is 366 g/mol. The van der Waals surface area contributed by atoms with E-state index in [0.29, 0.717) is 15.7 Å². The summed E-state index contributed by atoms with van der Waals surface area (Å²) in [7, 11) is 1.83. The van der Waals surface area contributed by atoms with Crippen molar-refractivity contribution >= 4 is 44.5 Å². The number of anilines is 2. The maximum Gasteiger partial charge on any atom is 0.161 e. The minimum Gasteiger partial charge on any atom is -0.389 e. The molecule has 2 nitrogen and oxygen atoms in total. The van der Waals surface area contributed by atoms with Crippen molar-refractivity contribution in [3.63, 3.8) is 0 Å². The molecule has 0 heterocycles. The second kappa shape index (κ2) is 6.54. The van der Waals surface area contributed by atoms with Gasteiger partial charge >= 0.3 is 0 Å². The maximum absolute atomic E-state index is 14.5. The van der Waals surface area contributed by atoms with Crippen molar-refractivity contribution in [3.05, 3.63) is 57.8 Å². The van der Waals surface area contributed by atoms with Crippen LogP contribution < -0.4 is 10.6 Å². The molecule has 0 bridgehead atoms. The molecule has 0 amide bonds. The summed E-state index contributed by atoms with van der Waals surface area (Å²) in [5, 5.41) is 0. The molecule has 0 aliphatic heterocycles. The van der Waals surface area contributed by atoms with Crippen molar-refractivity contribution in [2.75, 3.05) is 11.9 Å². The first-order chi connectivity index (χ1) is 9.95. The smallest absolute Gasteiger partial charge is 0.161 e. The number of benzene rings is 2. The third kappa shape index (κ3) is 3.24. The Morgan fingerprint density at radius 1 is 1.24 bits per heavy atom. The zero-order chi connectivity index (χ0) is 15.6. The summed E-state index contributed by atoms with van der Waals surface area (Å²) in [4.78, 5) is 1.96. The summed E-state index contributed by atoms with van der Waals surface area (Å²) in [6, 6.07) is 11.5. The van der Waals surface area contributed by atoms with Gasteiger partial charge in [0.25, 0.3) is 0 Å². The Hall–Kier alpha value is -1.46. The average molecular weight is 367 g/mol. The summed E-state index contributed by atoms with van der Waals surface area (Å²) in [5.41, 5.74) is 8.70. The third-order valence-corrected chi connectivity index (χ3v) is 4.42.